The van der Waals surface area contributed by atoms with E-state index in [1.54, 1.807) is 0 Å². The van der Waals surface area contributed by atoms with Gasteiger partial charge in [-0.15, -0.1) is 0 Å². The Balaban J connectivity index is 1.54. The zero-order valence-corrected chi connectivity index (χ0v) is 15.2. The first-order valence-corrected chi connectivity index (χ1v) is 10.2. The van der Waals surface area contributed by atoms with Gasteiger partial charge in [0.15, 0.2) is 0 Å². The summed E-state index contributed by atoms with van der Waals surface area (Å²) < 4.78 is 12.2. The van der Waals surface area contributed by atoms with Gasteiger partial charge in [0.05, 0.1) is 18.1 Å². The van der Waals surface area contributed by atoms with Crippen LogP contribution in [0.1, 0.15) is 58.8 Å². The second-order valence-corrected chi connectivity index (χ2v) is 8.66. The molecule has 0 bridgehead atoms. The minimum absolute atomic E-state index is 0.0610. The summed E-state index contributed by atoms with van der Waals surface area (Å²) in [7, 11) is 0. The van der Waals surface area contributed by atoms with E-state index in [2.05, 4.69) is 19.2 Å². The summed E-state index contributed by atoms with van der Waals surface area (Å²) >= 11 is 0. The number of nitrogens with one attached hydrogen (secondary N) is 1. The molecule has 4 nitrogen and oxygen atoms in total. The Morgan fingerprint density at radius 2 is 2.04 bits per heavy atom. The molecule has 0 aromatic heterocycles. The van der Waals surface area contributed by atoms with E-state index in [0.29, 0.717) is 23.9 Å². The van der Waals surface area contributed by atoms with Crippen molar-refractivity contribution in [3.05, 3.63) is 0 Å². The third kappa shape index (κ3) is 3.01. The Kier molecular flexibility index (Phi) is 4.88. The molecule has 24 heavy (non-hydrogen) atoms. The summed E-state index contributed by atoms with van der Waals surface area (Å²) in [5.74, 6) is 2.47. The molecule has 2 aliphatic heterocycles. The SMILES string of the molecule is CC(O[C@@H]1CCCNC1)[C@@H]1[C@H]2CCCC[C@@H]2C[C@@H]2C(=O)O[C@@H](C)[C@H]12. The average Bonchev–Trinajstić information content (AvgIpc) is 2.87. The maximum absolute atomic E-state index is 12.4. The monoisotopic (exact) mass is 335 g/mol. The molecule has 1 unspecified atom stereocenters. The van der Waals surface area contributed by atoms with Gasteiger partial charge in [0.25, 0.3) is 0 Å². The van der Waals surface area contributed by atoms with Crippen molar-refractivity contribution < 1.29 is 14.3 Å². The molecule has 8 atom stereocenters. The number of esters is 1. The zero-order valence-electron chi connectivity index (χ0n) is 15.2. The fourth-order valence-corrected chi connectivity index (χ4v) is 6.31. The van der Waals surface area contributed by atoms with Gasteiger partial charge in [0.2, 0.25) is 0 Å². The van der Waals surface area contributed by atoms with Gasteiger partial charge >= 0.3 is 5.97 Å². The smallest absolute Gasteiger partial charge is 0.309 e. The predicted octanol–water partition coefficient (Wildman–Crippen LogP) is 3.15. The lowest BCUT2D eigenvalue weighted by Gasteiger charge is -2.49. The van der Waals surface area contributed by atoms with Gasteiger partial charge < -0.3 is 14.8 Å². The van der Waals surface area contributed by atoms with E-state index in [1.165, 1.54) is 32.1 Å². The summed E-state index contributed by atoms with van der Waals surface area (Å²) in [6, 6.07) is 0. The highest BCUT2D eigenvalue weighted by molar-refractivity contribution is 5.75. The molecule has 136 valence electrons. The van der Waals surface area contributed by atoms with Crippen molar-refractivity contribution in [1.82, 2.24) is 5.32 Å². The van der Waals surface area contributed by atoms with E-state index in [9.17, 15) is 4.79 Å². The van der Waals surface area contributed by atoms with Gasteiger partial charge in [-0.25, -0.2) is 0 Å². The second-order valence-electron chi connectivity index (χ2n) is 8.66. The lowest BCUT2D eigenvalue weighted by molar-refractivity contribution is -0.144. The lowest BCUT2D eigenvalue weighted by atomic mass is 9.56. The topological polar surface area (TPSA) is 47.6 Å². The molecule has 0 amide bonds. The Morgan fingerprint density at radius 1 is 1.21 bits per heavy atom. The van der Waals surface area contributed by atoms with Crippen LogP contribution in [0, 0.1) is 29.6 Å². The highest BCUT2D eigenvalue weighted by atomic mass is 16.6. The van der Waals surface area contributed by atoms with E-state index < -0.39 is 0 Å². The van der Waals surface area contributed by atoms with E-state index in [-0.39, 0.29) is 24.1 Å². The van der Waals surface area contributed by atoms with Crippen molar-refractivity contribution in [2.75, 3.05) is 13.1 Å². The van der Waals surface area contributed by atoms with Gasteiger partial charge in [-0.05, 0) is 63.8 Å². The van der Waals surface area contributed by atoms with Crippen LogP contribution >= 0.6 is 0 Å². The summed E-state index contributed by atoms with van der Waals surface area (Å²) in [4.78, 5) is 12.4. The van der Waals surface area contributed by atoms with E-state index in [0.717, 1.165) is 31.8 Å². The number of rotatable bonds is 3. The van der Waals surface area contributed by atoms with Crippen molar-refractivity contribution in [3.8, 4) is 0 Å². The van der Waals surface area contributed by atoms with E-state index in [1.807, 2.05) is 0 Å². The molecule has 4 fully saturated rings. The van der Waals surface area contributed by atoms with Crippen molar-refractivity contribution in [1.29, 1.82) is 0 Å². The molecule has 4 heteroatoms. The quantitative estimate of drug-likeness (QED) is 0.805. The molecule has 1 N–H and O–H groups in total. The zero-order chi connectivity index (χ0) is 16.7. The Labute approximate surface area is 146 Å². The molecule has 2 saturated carbocycles. The molecule has 2 heterocycles. The van der Waals surface area contributed by atoms with Gasteiger partial charge in [-0.2, -0.15) is 0 Å². The average molecular weight is 335 g/mol. The number of hydrogen-bond donors (Lipinski definition) is 1. The first kappa shape index (κ1) is 16.8. The summed E-state index contributed by atoms with van der Waals surface area (Å²) in [6.45, 7) is 6.47. The molecule has 0 aromatic rings. The highest BCUT2D eigenvalue weighted by Gasteiger charge is 2.56. The number of carbonyl (C=O) groups is 1. The third-order valence-electron chi connectivity index (χ3n) is 7.28. The molecule has 2 aliphatic carbocycles. The van der Waals surface area contributed by atoms with Crippen LogP contribution in [0.4, 0.5) is 0 Å². The van der Waals surface area contributed by atoms with E-state index in [4.69, 9.17) is 9.47 Å². The van der Waals surface area contributed by atoms with Crippen molar-refractivity contribution >= 4 is 5.97 Å². The van der Waals surface area contributed by atoms with Crippen LogP contribution < -0.4 is 5.32 Å². The number of fused-ring (bicyclic) bond motifs is 2. The second kappa shape index (κ2) is 6.95. The maximum atomic E-state index is 12.4. The van der Waals surface area contributed by atoms with Gasteiger partial charge in [-0.1, -0.05) is 19.3 Å². The van der Waals surface area contributed by atoms with Crippen LogP contribution in [0.15, 0.2) is 0 Å². The first-order chi connectivity index (χ1) is 11.6. The number of ether oxygens (including phenoxy) is 2. The van der Waals surface area contributed by atoms with Crippen LogP contribution in [0.25, 0.3) is 0 Å². The van der Waals surface area contributed by atoms with Crippen LogP contribution in [-0.4, -0.2) is 37.4 Å². The van der Waals surface area contributed by atoms with Gasteiger partial charge in [0.1, 0.15) is 6.10 Å². The molecular weight excluding hydrogens is 302 g/mol. The van der Waals surface area contributed by atoms with Crippen LogP contribution in [0.2, 0.25) is 0 Å². The van der Waals surface area contributed by atoms with Gasteiger partial charge in [0, 0.05) is 12.5 Å². The van der Waals surface area contributed by atoms with Crippen molar-refractivity contribution in [2.45, 2.75) is 77.1 Å². The maximum Gasteiger partial charge on any atom is 0.309 e. The normalized spacial score (nSPS) is 46.8. The molecular formula is C20H33NO3. The number of cyclic esters (lactones) is 1. The molecule has 4 aliphatic rings. The standard InChI is InChI=1S/C20H33NO3/c1-12(23-15-7-5-9-21-11-15)18-16-8-4-3-6-14(16)10-17-19(18)13(2)24-20(17)22/h12-19,21H,3-11H2,1-2H3/t12?,13-,14+,15+,16-,17-,18+,19-/m0/s1. The third-order valence-corrected chi connectivity index (χ3v) is 7.28. The molecule has 4 rings (SSSR count). The minimum Gasteiger partial charge on any atom is -0.462 e. The fourth-order valence-electron chi connectivity index (χ4n) is 6.31. The number of hydrogen-bond acceptors (Lipinski definition) is 4. The van der Waals surface area contributed by atoms with Crippen LogP contribution in [0.3, 0.4) is 0 Å². The van der Waals surface area contributed by atoms with E-state index >= 15 is 0 Å². The van der Waals surface area contributed by atoms with Crippen LogP contribution in [-0.2, 0) is 14.3 Å². The molecule has 0 spiro atoms. The molecule has 2 saturated heterocycles. The largest absolute Gasteiger partial charge is 0.462 e. The Morgan fingerprint density at radius 3 is 2.83 bits per heavy atom. The Hall–Kier alpha value is -0.610. The highest BCUT2D eigenvalue weighted by Crippen LogP contribution is 2.54. The summed E-state index contributed by atoms with van der Waals surface area (Å²) in [6.07, 6.45) is 9.34. The fraction of sp³-hybridized carbons (Fsp3) is 0.950. The number of piperidine rings is 1. The van der Waals surface area contributed by atoms with Crippen molar-refractivity contribution in [2.24, 2.45) is 29.6 Å². The lowest BCUT2D eigenvalue weighted by Crippen LogP contribution is -2.50. The molecule has 0 radical (unpaired) electrons. The summed E-state index contributed by atoms with van der Waals surface area (Å²) in [5.41, 5.74) is 0. The Bertz CT molecular complexity index is 462. The molecule has 0 aromatic carbocycles. The minimum atomic E-state index is 0.0610. The first-order valence-electron chi connectivity index (χ1n) is 10.2. The predicted molar refractivity (Wildman–Crippen MR) is 92.5 cm³/mol. The summed E-state index contributed by atoms with van der Waals surface area (Å²) in [5, 5.41) is 3.46. The van der Waals surface area contributed by atoms with Crippen molar-refractivity contribution in [3.63, 3.8) is 0 Å². The van der Waals surface area contributed by atoms with Gasteiger partial charge in [-0.3, -0.25) is 4.79 Å². The number of carbonyl (C=O) groups excluding carboxylic acids is 1. The van der Waals surface area contributed by atoms with Crippen LogP contribution in [0.5, 0.6) is 0 Å².